The second-order valence-corrected chi connectivity index (χ2v) is 5.10. The molecule has 0 aromatic carbocycles. The van der Waals surface area contributed by atoms with Gasteiger partial charge in [-0.15, -0.1) is 0 Å². The zero-order valence-corrected chi connectivity index (χ0v) is 11.2. The molecule has 1 aromatic heterocycles. The molecule has 0 saturated heterocycles. The van der Waals surface area contributed by atoms with E-state index in [-0.39, 0.29) is 0 Å². The molecule has 1 aromatic rings. The summed E-state index contributed by atoms with van der Waals surface area (Å²) >= 11 is 0. The van der Waals surface area contributed by atoms with Crippen molar-refractivity contribution in [1.29, 1.82) is 0 Å². The molecule has 1 saturated carbocycles. The molecule has 2 atom stereocenters. The number of methoxy groups -OCH3 is 1. The first-order valence-electron chi connectivity index (χ1n) is 6.37. The fourth-order valence-electron chi connectivity index (χ4n) is 2.35. The zero-order chi connectivity index (χ0) is 12.4. The lowest BCUT2D eigenvalue weighted by molar-refractivity contribution is 0.152. The minimum Gasteiger partial charge on any atom is -0.383 e. The van der Waals surface area contributed by atoms with E-state index in [1.165, 1.54) is 24.1 Å². The van der Waals surface area contributed by atoms with Crippen molar-refractivity contribution >= 4 is 0 Å². The molecule has 2 rings (SSSR count). The molecule has 1 aliphatic rings. The maximum atomic E-state index is 5.29. The van der Waals surface area contributed by atoms with Crippen LogP contribution >= 0.6 is 0 Å². The molecule has 0 aliphatic heterocycles. The predicted octanol–water partition coefficient (Wildman–Crippen LogP) is 1.80. The van der Waals surface area contributed by atoms with E-state index in [4.69, 9.17) is 4.74 Å². The van der Waals surface area contributed by atoms with E-state index in [0.717, 1.165) is 12.5 Å². The Balaban J connectivity index is 1.99. The smallest absolute Gasteiger partial charge is 0.0618 e. The van der Waals surface area contributed by atoms with Gasteiger partial charge in [-0.1, -0.05) is 0 Å². The first-order chi connectivity index (χ1) is 8.13. The molecule has 0 radical (unpaired) electrons. The standard InChI is InChI=1S/C13H23N3O/c1-9(12-7-14-16(3)10(12)2)15-13(8-17-4)11-5-6-11/h7,9,11,13,15H,5-6,8H2,1-4H3. The summed E-state index contributed by atoms with van der Waals surface area (Å²) in [7, 11) is 3.76. The molecule has 1 heterocycles. The molecule has 96 valence electrons. The van der Waals surface area contributed by atoms with Crippen LogP contribution in [0.1, 0.15) is 37.1 Å². The third kappa shape index (κ3) is 2.87. The van der Waals surface area contributed by atoms with Gasteiger partial charge in [-0.2, -0.15) is 5.10 Å². The number of hydrogen-bond donors (Lipinski definition) is 1. The predicted molar refractivity (Wildman–Crippen MR) is 67.9 cm³/mol. The summed E-state index contributed by atoms with van der Waals surface area (Å²) in [6.07, 6.45) is 4.63. The van der Waals surface area contributed by atoms with Crippen molar-refractivity contribution in [3.63, 3.8) is 0 Å². The molecule has 1 aliphatic carbocycles. The average molecular weight is 237 g/mol. The Hall–Kier alpha value is -0.870. The van der Waals surface area contributed by atoms with Gasteiger partial charge in [-0.3, -0.25) is 4.68 Å². The lowest BCUT2D eigenvalue weighted by Gasteiger charge is -2.22. The summed E-state index contributed by atoms with van der Waals surface area (Å²) < 4.78 is 7.22. The fraction of sp³-hybridized carbons (Fsp3) is 0.769. The van der Waals surface area contributed by atoms with Crippen LogP contribution in [0.4, 0.5) is 0 Å². The van der Waals surface area contributed by atoms with E-state index < -0.39 is 0 Å². The van der Waals surface area contributed by atoms with Gasteiger partial charge in [0.15, 0.2) is 0 Å². The van der Waals surface area contributed by atoms with Crippen LogP contribution in [0.15, 0.2) is 6.20 Å². The van der Waals surface area contributed by atoms with E-state index >= 15 is 0 Å². The molecule has 0 spiro atoms. The number of ether oxygens (including phenoxy) is 1. The molecule has 1 fully saturated rings. The molecular weight excluding hydrogens is 214 g/mol. The van der Waals surface area contributed by atoms with Crippen LogP contribution in [-0.2, 0) is 11.8 Å². The van der Waals surface area contributed by atoms with Gasteiger partial charge < -0.3 is 10.1 Å². The van der Waals surface area contributed by atoms with Crippen molar-refractivity contribution in [2.75, 3.05) is 13.7 Å². The van der Waals surface area contributed by atoms with Crippen LogP contribution in [0.3, 0.4) is 0 Å². The Labute approximate surface area is 103 Å². The molecule has 2 unspecified atom stereocenters. The maximum absolute atomic E-state index is 5.29. The molecule has 0 amide bonds. The van der Waals surface area contributed by atoms with Crippen LogP contribution in [-0.4, -0.2) is 29.5 Å². The Morgan fingerprint density at radius 3 is 2.76 bits per heavy atom. The van der Waals surface area contributed by atoms with Gasteiger partial charge >= 0.3 is 0 Å². The second kappa shape index (κ2) is 5.19. The molecule has 17 heavy (non-hydrogen) atoms. The lowest BCUT2D eigenvalue weighted by atomic mass is 10.1. The molecular formula is C13H23N3O. The summed E-state index contributed by atoms with van der Waals surface area (Å²) in [5.74, 6) is 0.800. The Morgan fingerprint density at radius 2 is 2.29 bits per heavy atom. The maximum Gasteiger partial charge on any atom is 0.0618 e. The number of nitrogens with one attached hydrogen (secondary N) is 1. The van der Waals surface area contributed by atoms with Gasteiger partial charge in [0.05, 0.1) is 12.8 Å². The first-order valence-corrected chi connectivity index (χ1v) is 6.37. The third-order valence-electron chi connectivity index (χ3n) is 3.74. The average Bonchev–Trinajstić information content (AvgIpc) is 3.07. The van der Waals surface area contributed by atoms with E-state index in [0.29, 0.717) is 12.1 Å². The molecule has 1 N–H and O–H groups in total. The van der Waals surface area contributed by atoms with Crippen LogP contribution in [0.5, 0.6) is 0 Å². The van der Waals surface area contributed by atoms with Gasteiger partial charge in [-0.25, -0.2) is 0 Å². The third-order valence-corrected chi connectivity index (χ3v) is 3.74. The van der Waals surface area contributed by atoms with Crippen molar-refractivity contribution in [1.82, 2.24) is 15.1 Å². The SMILES string of the molecule is COCC(NC(C)c1cnn(C)c1C)C1CC1. The van der Waals surface area contributed by atoms with Crippen molar-refractivity contribution in [3.05, 3.63) is 17.5 Å². The zero-order valence-electron chi connectivity index (χ0n) is 11.2. The first kappa shape index (κ1) is 12.6. The van der Waals surface area contributed by atoms with Gasteiger partial charge in [0.1, 0.15) is 0 Å². The minimum absolute atomic E-state index is 0.337. The number of aryl methyl sites for hydroxylation is 1. The number of nitrogens with zero attached hydrogens (tertiary/aromatic N) is 2. The van der Waals surface area contributed by atoms with Crippen LogP contribution in [0, 0.1) is 12.8 Å². The monoisotopic (exact) mass is 237 g/mol. The highest BCUT2D eigenvalue weighted by Gasteiger charge is 2.32. The van der Waals surface area contributed by atoms with Gasteiger partial charge in [-0.05, 0) is 32.6 Å². The molecule has 4 nitrogen and oxygen atoms in total. The number of rotatable bonds is 6. The van der Waals surface area contributed by atoms with Crippen LogP contribution in [0.25, 0.3) is 0 Å². The van der Waals surface area contributed by atoms with Crippen LogP contribution in [0.2, 0.25) is 0 Å². The minimum atomic E-state index is 0.337. The summed E-state index contributed by atoms with van der Waals surface area (Å²) in [6, 6.07) is 0.819. The topological polar surface area (TPSA) is 39.1 Å². The van der Waals surface area contributed by atoms with E-state index in [1.807, 2.05) is 17.9 Å². The number of hydrogen-bond acceptors (Lipinski definition) is 3. The van der Waals surface area contributed by atoms with E-state index in [9.17, 15) is 0 Å². The molecule has 4 heteroatoms. The fourth-order valence-corrected chi connectivity index (χ4v) is 2.35. The highest BCUT2D eigenvalue weighted by molar-refractivity contribution is 5.20. The van der Waals surface area contributed by atoms with Crippen molar-refractivity contribution < 1.29 is 4.74 Å². The van der Waals surface area contributed by atoms with Crippen molar-refractivity contribution in [2.45, 2.75) is 38.8 Å². The Kier molecular flexibility index (Phi) is 3.84. The molecule has 0 bridgehead atoms. The van der Waals surface area contributed by atoms with Gasteiger partial charge in [0, 0.05) is 37.5 Å². The normalized spacial score (nSPS) is 19.3. The lowest BCUT2D eigenvalue weighted by Crippen LogP contribution is -2.37. The van der Waals surface area contributed by atoms with Crippen molar-refractivity contribution in [3.8, 4) is 0 Å². The van der Waals surface area contributed by atoms with E-state index in [2.05, 4.69) is 24.3 Å². The summed E-state index contributed by atoms with van der Waals surface area (Å²) in [4.78, 5) is 0. The highest BCUT2D eigenvalue weighted by atomic mass is 16.5. The van der Waals surface area contributed by atoms with Gasteiger partial charge in [0.25, 0.3) is 0 Å². The quantitative estimate of drug-likeness (QED) is 0.820. The summed E-state index contributed by atoms with van der Waals surface area (Å²) in [6.45, 7) is 5.12. The number of aromatic nitrogens is 2. The van der Waals surface area contributed by atoms with Crippen LogP contribution < -0.4 is 5.32 Å². The van der Waals surface area contributed by atoms with Gasteiger partial charge in [0.2, 0.25) is 0 Å². The highest BCUT2D eigenvalue weighted by Crippen LogP contribution is 2.34. The summed E-state index contributed by atoms with van der Waals surface area (Å²) in [5.41, 5.74) is 2.52. The summed E-state index contributed by atoms with van der Waals surface area (Å²) in [5, 5.41) is 7.97. The van der Waals surface area contributed by atoms with Crippen molar-refractivity contribution in [2.24, 2.45) is 13.0 Å². The largest absolute Gasteiger partial charge is 0.383 e. The Bertz CT molecular complexity index is 371. The van der Waals surface area contributed by atoms with E-state index in [1.54, 1.807) is 7.11 Å². The second-order valence-electron chi connectivity index (χ2n) is 5.10. The Morgan fingerprint density at radius 1 is 1.59 bits per heavy atom.